The van der Waals surface area contributed by atoms with Crippen LogP contribution in [-0.4, -0.2) is 12.3 Å². The number of hydrogen-bond donors (Lipinski definition) is 1. The molecule has 98 valence electrons. The lowest BCUT2D eigenvalue weighted by molar-refractivity contribution is -0.115. The van der Waals surface area contributed by atoms with E-state index in [1.54, 1.807) is 6.92 Å². The molecule has 0 unspecified atom stereocenters. The zero-order valence-corrected chi connectivity index (χ0v) is 11.8. The van der Waals surface area contributed by atoms with Gasteiger partial charge in [0.2, 0.25) is 0 Å². The van der Waals surface area contributed by atoms with Crippen LogP contribution in [0.2, 0.25) is 0 Å². The molecule has 0 saturated heterocycles. The lowest BCUT2D eigenvalue weighted by Crippen LogP contribution is -2.38. The molecular formula is C16H23NO. The van der Waals surface area contributed by atoms with E-state index in [-0.39, 0.29) is 11.3 Å². The van der Waals surface area contributed by atoms with Crippen LogP contribution in [-0.2, 0) is 10.3 Å². The summed E-state index contributed by atoms with van der Waals surface area (Å²) >= 11 is 0. The molecule has 1 N–H and O–H groups in total. The highest BCUT2D eigenvalue weighted by atomic mass is 16.1. The Morgan fingerprint density at radius 2 is 1.94 bits per heavy atom. The van der Waals surface area contributed by atoms with Crippen LogP contribution in [0.4, 0.5) is 0 Å². The Morgan fingerprint density at radius 1 is 1.33 bits per heavy atom. The van der Waals surface area contributed by atoms with Crippen molar-refractivity contribution < 1.29 is 4.79 Å². The number of benzene rings is 1. The third-order valence-corrected chi connectivity index (χ3v) is 3.21. The fraction of sp³-hybridized carbons (Fsp3) is 0.438. The quantitative estimate of drug-likeness (QED) is 0.779. The van der Waals surface area contributed by atoms with Crippen molar-refractivity contribution in [1.82, 2.24) is 5.32 Å². The van der Waals surface area contributed by atoms with Gasteiger partial charge in [-0.25, -0.2) is 0 Å². The molecule has 2 nitrogen and oxygen atoms in total. The van der Waals surface area contributed by atoms with Crippen LogP contribution >= 0.6 is 0 Å². The minimum absolute atomic E-state index is 0.124. The van der Waals surface area contributed by atoms with Crippen molar-refractivity contribution >= 4 is 5.78 Å². The summed E-state index contributed by atoms with van der Waals surface area (Å²) in [6.45, 7) is 12.5. The zero-order chi connectivity index (χ0) is 13.8. The van der Waals surface area contributed by atoms with Crippen LogP contribution in [0.5, 0.6) is 0 Å². The highest BCUT2D eigenvalue weighted by Gasteiger charge is 2.21. The molecule has 0 heterocycles. The molecular weight excluding hydrogens is 222 g/mol. The van der Waals surface area contributed by atoms with Crippen LogP contribution in [0.1, 0.15) is 38.3 Å². The molecule has 18 heavy (non-hydrogen) atoms. The van der Waals surface area contributed by atoms with Crippen LogP contribution in [0, 0.1) is 6.92 Å². The van der Waals surface area contributed by atoms with E-state index in [4.69, 9.17) is 0 Å². The Hall–Kier alpha value is -1.41. The van der Waals surface area contributed by atoms with Crippen LogP contribution < -0.4 is 5.32 Å². The third kappa shape index (κ3) is 3.81. The zero-order valence-electron chi connectivity index (χ0n) is 11.8. The molecule has 1 rings (SSSR count). The molecule has 0 aromatic heterocycles. The molecule has 0 amide bonds. The van der Waals surface area contributed by atoms with E-state index < -0.39 is 0 Å². The van der Waals surface area contributed by atoms with Crippen molar-refractivity contribution in [2.24, 2.45) is 0 Å². The van der Waals surface area contributed by atoms with Gasteiger partial charge in [-0.1, -0.05) is 30.8 Å². The Labute approximate surface area is 110 Å². The first kappa shape index (κ1) is 14.7. The number of allylic oxidation sites excluding steroid dienone is 1. The number of carbonyl (C=O) groups is 1. The largest absolute Gasteiger partial charge is 0.307 e. The van der Waals surface area contributed by atoms with Gasteiger partial charge in [0.05, 0.1) is 0 Å². The van der Waals surface area contributed by atoms with Crippen molar-refractivity contribution in [2.45, 2.75) is 39.7 Å². The summed E-state index contributed by atoms with van der Waals surface area (Å²) in [6, 6.07) is 8.32. The molecule has 0 aliphatic rings. The molecule has 0 fully saturated rings. The van der Waals surface area contributed by atoms with E-state index >= 15 is 0 Å². The average Bonchev–Trinajstić information content (AvgIpc) is 2.28. The lowest BCUT2D eigenvalue weighted by atomic mass is 9.90. The second-order valence-electron chi connectivity index (χ2n) is 5.32. The number of aryl methyl sites for hydroxylation is 1. The summed E-state index contributed by atoms with van der Waals surface area (Å²) in [7, 11) is 0. The van der Waals surface area contributed by atoms with Gasteiger partial charge in [-0.3, -0.25) is 4.79 Å². The summed E-state index contributed by atoms with van der Waals surface area (Å²) in [5, 5.41) is 3.44. The minimum Gasteiger partial charge on any atom is -0.307 e. The number of hydrogen-bond acceptors (Lipinski definition) is 2. The molecule has 0 spiro atoms. The summed E-state index contributed by atoms with van der Waals surface area (Å²) in [5.41, 5.74) is 3.04. The Bertz CT molecular complexity index is 446. The topological polar surface area (TPSA) is 29.1 Å². The van der Waals surface area contributed by atoms with E-state index in [0.717, 1.165) is 0 Å². The lowest BCUT2D eigenvalue weighted by Gasteiger charge is -2.28. The predicted molar refractivity (Wildman–Crippen MR) is 76.6 cm³/mol. The second-order valence-corrected chi connectivity index (χ2v) is 5.32. The predicted octanol–water partition coefficient (Wildman–Crippen LogP) is 3.36. The van der Waals surface area contributed by atoms with Crippen molar-refractivity contribution in [1.29, 1.82) is 0 Å². The van der Waals surface area contributed by atoms with Gasteiger partial charge >= 0.3 is 0 Å². The summed E-state index contributed by atoms with van der Waals surface area (Å²) in [6.07, 6.45) is 0.505. The maximum atomic E-state index is 11.5. The maximum Gasteiger partial charge on any atom is 0.159 e. The Morgan fingerprint density at radius 3 is 2.50 bits per heavy atom. The van der Waals surface area contributed by atoms with Crippen LogP contribution in [0.15, 0.2) is 36.4 Å². The van der Waals surface area contributed by atoms with Crippen molar-refractivity contribution in [3.05, 3.63) is 47.5 Å². The normalized spacial score (nSPS) is 11.3. The smallest absolute Gasteiger partial charge is 0.159 e. The number of rotatable bonds is 6. The van der Waals surface area contributed by atoms with E-state index in [0.29, 0.717) is 18.5 Å². The van der Waals surface area contributed by atoms with Crippen LogP contribution in [0.3, 0.4) is 0 Å². The van der Waals surface area contributed by atoms with Gasteiger partial charge in [0.25, 0.3) is 0 Å². The Kier molecular flexibility index (Phi) is 4.85. The summed E-state index contributed by atoms with van der Waals surface area (Å²) in [4.78, 5) is 11.5. The Balaban J connectivity index is 2.63. The summed E-state index contributed by atoms with van der Waals surface area (Å²) in [5.74, 6) is 0.128. The van der Waals surface area contributed by atoms with Crippen molar-refractivity contribution in [2.75, 3.05) is 6.54 Å². The molecule has 0 aliphatic heterocycles. The van der Waals surface area contributed by atoms with Gasteiger partial charge in [0.15, 0.2) is 5.78 Å². The van der Waals surface area contributed by atoms with E-state index in [1.165, 1.54) is 11.1 Å². The first-order valence-electron chi connectivity index (χ1n) is 6.34. The van der Waals surface area contributed by atoms with Crippen molar-refractivity contribution in [3.8, 4) is 0 Å². The highest BCUT2D eigenvalue weighted by Crippen LogP contribution is 2.23. The van der Waals surface area contributed by atoms with E-state index in [1.807, 2.05) is 12.1 Å². The monoisotopic (exact) mass is 245 g/mol. The van der Waals surface area contributed by atoms with Gasteiger partial charge in [0.1, 0.15) is 0 Å². The number of ketones is 1. The molecule has 0 bridgehead atoms. The summed E-state index contributed by atoms with van der Waals surface area (Å²) < 4.78 is 0. The molecule has 0 atom stereocenters. The van der Waals surface area contributed by atoms with Gasteiger partial charge in [-0.2, -0.15) is 0 Å². The van der Waals surface area contributed by atoms with E-state index in [2.05, 4.69) is 44.8 Å². The van der Waals surface area contributed by atoms with Crippen molar-refractivity contribution in [3.63, 3.8) is 0 Å². The highest BCUT2D eigenvalue weighted by molar-refractivity contribution is 5.94. The third-order valence-electron chi connectivity index (χ3n) is 3.21. The minimum atomic E-state index is -0.124. The number of carbonyl (C=O) groups excluding carboxylic acids is 1. The van der Waals surface area contributed by atoms with Gasteiger partial charge < -0.3 is 5.32 Å². The van der Waals surface area contributed by atoms with Gasteiger partial charge in [-0.05, 0) is 44.4 Å². The molecule has 1 aromatic rings. The molecule has 0 radical (unpaired) electrons. The number of nitrogens with one attached hydrogen (secondary N) is 1. The molecule has 1 aromatic carbocycles. The SMILES string of the molecule is C=C(C)C(=O)CCNC(C)(C)c1ccccc1C. The number of Topliss-reactive ketones (excluding diaryl/α,β-unsaturated/α-hetero) is 1. The molecule has 0 aliphatic carbocycles. The second kappa shape index (κ2) is 5.96. The maximum absolute atomic E-state index is 11.5. The fourth-order valence-electron chi connectivity index (χ4n) is 2.07. The molecule has 2 heteroatoms. The van der Waals surface area contributed by atoms with Crippen LogP contribution in [0.25, 0.3) is 0 Å². The molecule has 0 saturated carbocycles. The van der Waals surface area contributed by atoms with Gasteiger partial charge in [-0.15, -0.1) is 0 Å². The van der Waals surface area contributed by atoms with Gasteiger partial charge in [0, 0.05) is 18.5 Å². The fourth-order valence-corrected chi connectivity index (χ4v) is 2.07. The first-order valence-corrected chi connectivity index (χ1v) is 6.34. The average molecular weight is 245 g/mol. The standard InChI is InChI=1S/C16H23NO/c1-12(2)15(18)10-11-17-16(4,5)14-9-7-6-8-13(14)3/h6-9,17H,1,10-11H2,2-5H3. The first-order chi connectivity index (χ1) is 8.34. The van der Waals surface area contributed by atoms with E-state index in [9.17, 15) is 4.79 Å².